The topological polar surface area (TPSA) is 129 Å². The molecule has 10 nitrogen and oxygen atoms in total. The Kier molecular flexibility index (Phi) is 8.78. The molecule has 3 aromatic rings. The van der Waals surface area contributed by atoms with Crippen LogP contribution < -0.4 is 10.6 Å². The Labute approximate surface area is 215 Å². The summed E-state index contributed by atoms with van der Waals surface area (Å²) in [7, 11) is 2.54. The number of hydrogen-bond donors (Lipinski definition) is 2. The van der Waals surface area contributed by atoms with Gasteiger partial charge in [0.15, 0.2) is 5.69 Å². The van der Waals surface area contributed by atoms with Gasteiger partial charge in [-0.05, 0) is 50.1 Å². The number of methoxy groups -OCH3 is 2. The first kappa shape index (κ1) is 27.1. The predicted molar refractivity (Wildman–Crippen MR) is 137 cm³/mol. The van der Waals surface area contributed by atoms with Crippen LogP contribution in [0.3, 0.4) is 0 Å². The summed E-state index contributed by atoms with van der Waals surface area (Å²) in [4.78, 5) is 36.5. The van der Waals surface area contributed by atoms with Crippen LogP contribution in [0, 0.1) is 0 Å². The van der Waals surface area contributed by atoms with E-state index < -0.39 is 29.8 Å². The van der Waals surface area contributed by atoms with Gasteiger partial charge in [-0.3, -0.25) is 5.32 Å². The highest BCUT2D eigenvalue weighted by molar-refractivity contribution is 5.95. The molecule has 2 N–H and O–H groups in total. The summed E-state index contributed by atoms with van der Waals surface area (Å²) in [6, 6.07) is 17.5. The zero-order valence-electron chi connectivity index (χ0n) is 21.4. The van der Waals surface area contributed by atoms with Crippen molar-refractivity contribution in [3.63, 3.8) is 0 Å². The number of esters is 1. The third-order valence-electron chi connectivity index (χ3n) is 5.16. The summed E-state index contributed by atoms with van der Waals surface area (Å²) in [5, 5.41) is 13.9. The third-order valence-corrected chi connectivity index (χ3v) is 5.16. The molecular weight excluding hydrogens is 476 g/mol. The zero-order chi connectivity index (χ0) is 27.0. The van der Waals surface area contributed by atoms with Crippen LogP contribution in [0.2, 0.25) is 0 Å². The smallest absolute Gasteiger partial charge is 0.411 e. The van der Waals surface area contributed by atoms with Crippen molar-refractivity contribution in [1.82, 2.24) is 15.5 Å². The van der Waals surface area contributed by atoms with Crippen LogP contribution in [0.4, 0.5) is 15.3 Å². The number of aromatic nitrogens is 2. The molecule has 1 atom stereocenters. The summed E-state index contributed by atoms with van der Waals surface area (Å²) in [6.07, 6.45) is -0.873. The number of anilines is 1. The van der Waals surface area contributed by atoms with Crippen molar-refractivity contribution >= 4 is 23.8 Å². The second-order valence-electron chi connectivity index (χ2n) is 9.10. The molecule has 1 heterocycles. The molecule has 194 valence electrons. The number of nitrogens with zero attached hydrogens (tertiary/aromatic N) is 2. The number of benzene rings is 2. The molecule has 0 radical (unpaired) electrons. The van der Waals surface area contributed by atoms with E-state index in [1.165, 1.54) is 14.2 Å². The maximum atomic E-state index is 12.6. The normalized spacial score (nSPS) is 11.7. The van der Waals surface area contributed by atoms with Crippen LogP contribution in [0.25, 0.3) is 11.1 Å². The lowest BCUT2D eigenvalue weighted by Crippen LogP contribution is -2.36. The van der Waals surface area contributed by atoms with Crippen molar-refractivity contribution in [2.75, 3.05) is 19.5 Å². The highest BCUT2D eigenvalue weighted by Crippen LogP contribution is 2.27. The minimum absolute atomic E-state index is 0.0382. The van der Waals surface area contributed by atoms with E-state index in [0.717, 1.165) is 5.56 Å². The van der Waals surface area contributed by atoms with Crippen LogP contribution >= 0.6 is 0 Å². The van der Waals surface area contributed by atoms with Gasteiger partial charge in [0.05, 0.1) is 26.0 Å². The minimum Gasteiger partial charge on any atom is -0.464 e. The van der Waals surface area contributed by atoms with Gasteiger partial charge in [-0.15, -0.1) is 5.10 Å². The SMILES string of the molecule is COC(=O)Nc1ccc(-c2cc(CC(NC(=O)OC(C)(C)C)c3ccccc3)nnc2C(=O)OC)cc1. The Morgan fingerprint density at radius 2 is 1.57 bits per heavy atom. The molecule has 0 aliphatic carbocycles. The van der Waals surface area contributed by atoms with Crippen molar-refractivity contribution in [3.05, 3.63) is 77.6 Å². The first-order valence-electron chi connectivity index (χ1n) is 11.5. The van der Waals surface area contributed by atoms with Crippen molar-refractivity contribution in [2.45, 2.75) is 38.8 Å². The molecule has 37 heavy (non-hydrogen) atoms. The Balaban J connectivity index is 1.95. The first-order valence-corrected chi connectivity index (χ1v) is 11.5. The molecule has 0 aliphatic heterocycles. The molecule has 3 rings (SSSR count). The fourth-order valence-electron chi connectivity index (χ4n) is 3.50. The fourth-order valence-corrected chi connectivity index (χ4v) is 3.50. The molecule has 0 spiro atoms. The van der Waals surface area contributed by atoms with E-state index in [-0.39, 0.29) is 12.1 Å². The predicted octanol–water partition coefficient (Wildman–Crippen LogP) is 4.92. The van der Waals surface area contributed by atoms with Crippen LogP contribution in [0.15, 0.2) is 60.7 Å². The van der Waals surface area contributed by atoms with Gasteiger partial charge in [0.25, 0.3) is 0 Å². The minimum atomic E-state index is -0.657. The molecule has 1 aromatic heterocycles. The second kappa shape index (κ2) is 12.0. The van der Waals surface area contributed by atoms with Gasteiger partial charge in [0.1, 0.15) is 5.60 Å². The van der Waals surface area contributed by atoms with Gasteiger partial charge in [0.2, 0.25) is 0 Å². The van der Waals surface area contributed by atoms with Crippen LogP contribution in [0.1, 0.15) is 48.6 Å². The standard InChI is InChI=1S/C27H30N4O6/c1-27(2,3)37-26(34)29-22(18-9-7-6-8-10-18)16-20-15-21(23(31-30-20)24(32)35-4)17-11-13-19(14-12-17)28-25(33)36-5/h6-15,22H,16H2,1-5H3,(H,28,33)(H,29,34). The summed E-state index contributed by atoms with van der Waals surface area (Å²) in [5.74, 6) is -0.641. The quantitative estimate of drug-likeness (QED) is 0.341. The number of hydrogen-bond acceptors (Lipinski definition) is 8. The third kappa shape index (κ3) is 7.76. The van der Waals surface area contributed by atoms with Gasteiger partial charge in [-0.1, -0.05) is 42.5 Å². The number of amides is 2. The van der Waals surface area contributed by atoms with E-state index in [9.17, 15) is 14.4 Å². The molecule has 2 aromatic carbocycles. The van der Waals surface area contributed by atoms with Crippen molar-refractivity contribution in [2.24, 2.45) is 0 Å². The summed E-state index contributed by atoms with van der Waals surface area (Å²) in [5.41, 5.74) is 2.43. The maximum Gasteiger partial charge on any atom is 0.411 e. The summed E-state index contributed by atoms with van der Waals surface area (Å²) in [6.45, 7) is 5.37. The monoisotopic (exact) mass is 506 g/mol. The lowest BCUT2D eigenvalue weighted by molar-refractivity contribution is 0.0502. The highest BCUT2D eigenvalue weighted by Gasteiger charge is 2.23. The van der Waals surface area contributed by atoms with Gasteiger partial charge in [0, 0.05) is 17.7 Å². The first-order chi connectivity index (χ1) is 17.6. The van der Waals surface area contributed by atoms with Crippen LogP contribution in [-0.2, 0) is 20.6 Å². The van der Waals surface area contributed by atoms with Gasteiger partial charge >= 0.3 is 18.2 Å². The fraction of sp³-hybridized carbons (Fsp3) is 0.296. The van der Waals surface area contributed by atoms with E-state index in [1.807, 2.05) is 30.3 Å². The number of rotatable bonds is 7. The van der Waals surface area contributed by atoms with E-state index in [4.69, 9.17) is 9.47 Å². The van der Waals surface area contributed by atoms with E-state index in [0.29, 0.717) is 22.5 Å². The molecule has 0 aliphatic rings. The Bertz CT molecular complexity index is 1240. The van der Waals surface area contributed by atoms with Crippen molar-refractivity contribution < 1.29 is 28.6 Å². The number of carbonyl (C=O) groups is 3. The van der Waals surface area contributed by atoms with Crippen LogP contribution in [0.5, 0.6) is 0 Å². The number of carbonyl (C=O) groups excluding carboxylic acids is 3. The molecule has 0 bridgehead atoms. The van der Waals surface area contributed by atoms with Crippen LogP contribution in [-0.4, -0.2) is 48.2 Å². The number of nitrogens with one attached hydrogen (secondary N) is 2. The number of alkyl carbamates (subject to hydrolysis) is 1. The largest absolute Gasteiger partial charge is 0.464 e. The molecule has 1 unspecified atom stereocenters. The Morgan fingerprint density at radius 1 is 0.892 bits per heavy atom. The van der Waals surface area contributed by atoms with E-state index >= 15 is 0 Å². The Morgan fingerprint density at radius 3 is 2.16 bits per heavy atom. The van der Waals surface area contributed by atoms with Crippen molar-refractivity contribution in [3.8, 4) is 11.1 Å². The lowest BCUT2D eigenvalue weighted by atomic mass is 9.98. The van der Waals surface area contributed by atoms with Gasteiger partial charge < -0.3 is 19.5 Å². The maximum absolute atomic E-state index is 12.6. The average molecular weight is 507 g/mol. The van der Waals surface area contributed by atoms with E-state index in [2.05, 4.69) is 25.6 Å². The Hall–Kier alpha value is -4.47. The second-order valence-corrected chi connectivity index (χ2v) is 9.10. The summed E-state index contributed by atoms with van der Waals surface area (Å²) < 4.78 is 14.9. The summed E-state index contributed by atoms with van der Waals surface area (Å²) >= 11 is 0. The van der Waals surface area contributed by atoms with E-state index in [1.54, 1.807) is 51.1 Å². The molecular formula is C27H30N4O6. The van der Waals surface area contributed by atoms with Crippen molar-refractivity contribution in [1.29, 1.82) is 0 Å². The molecule has 2 amide bonds. The molecule has 0 saturated carbocycles. The number of ether oxygens (including phenoxy) is 3. The molecule has 0 fully saturated rings. The van der Waals surface area contributed by atoms with Gasteiger partial charge in [-0.25, -0.2) is 14.4 Å². The molecule has 10 heteroatoms. The lowest BCUT2D eigenvalue weighted by Gasteiger charge is -2.24. The average Bonchev–Trinajstić information content (AvgIpc) is 2.87. The zero-order valence-corrected chi connectivity index (χ0v) is 21.4. The highest BCUT2D eigenvalue weighted by atomic mass is 16.6. The molecule has 0 saturated heterocycles. The van der Waals surface area contributed by atoms with Gasteiger partial charge in [-0.2, -0.15) is 5.10 Å².